The molecule has 7 nitrogen and oxygen atoms in total. The van der Waals surface area contributed by atoms with Gasteiger partial charge in [0, 0.05) is 6.04 Å². The lowest BCUT2D eigenvalue weighted by atomic mass is 9.84. The molecule has 2 aliphatic carbocycles. The Morgan fingerprint density at radius 1 is 1.43 bits per heavy atom. The van der Waals surface area contributed by atoms with Gasteiger partial charge in [0.2, 0.25) is 11.9 Å². The molecule has 1 heterocycles. The van der Waals surface area contributed by atoms with E-state index in [1.807, 2.05) is 19.1 Å². The number of anilines is 1. The number of nitrogens with one attached hydrogen (secondary N) is 1. The van der Waals surface area contributed by atoms with Crippen molar-refractivity contribution in [1.82, 2.24) is 14.9 Å². The van der Waals surface area contributed by atoms with Crippen LogP contribution in [0, 0.1) is 40.4 Å². The standard InChI is InChI=1S/C16H20N6O/c1-9(12-5-10-2-3-11(12)4-10)20-15(23)8-22-14(7-18)13(6-17)21-16(22)19/h9-12H,2-5,8H2,1H3,(H2,19,21)(H,20,23). The SMILES string of the molecule is CC(NC(=O)Cn1c(N)nc(C#N)c1C#N)C1CC2CCC1C2. The van der Waals surface area contributed by atoms with Crippen LogP contribution in [0.4, 0.5) is 5.95 Å². The van der Waals surface area contributed by atoms with Crippen molar-refractivity contribution in [2.75, 3.05) is 5.73 Å². The molecule has 4 atom stereocenters. The van der Waals surface area contributed by atoms with Gasteiger partial charge >= 0.3 is 0 Å². The van der Waals surface area contributed by atoms with Crippen molar-refractivity contribution in [2.24, 2.45) is 17.8 Å². The lowest BCUT2D eigenvalue weighted by Crippen LogP contribution is -2.41. The fraction of sp³-hybridized carbons (Fsp3) is 0.625. The van der Waals surface area contributed by atoms with Crippen LogP contribution in [0.5, 0.6) is 0 Å². The first-order chi connectivity index (χ1) is 11.0. The second kappa shape index (κ2) is 5.92. The molecular weight excluding hydrogens is 292 g/mol. The predicted octanol–water partition coefficient (Wildman–Crippen LogP) is 1.15. The largest absolute Gasteiger partial charge is 0.369 e. The summed E-state index contributed by atoms with van der Waals surface area (Å²) in [5.74, 6) is 1.92. The van der Waals surface area contributed by atoms with Gasteiger partial charge in [-0.2, -0.15) is 10.5 Å². The van der Waals surface area contributed by atoms with Gasteiger partial charge in [0.25, 0.3) is 0 Å². The zero-order valence-corrected chi connectivity index (χ0v) is 13.1. The van der Waals surface area contributed by atoms with Crippen LogP contribution in [-0.4, -0.2) is 21.5 Å². The molecule has 2 aliphatic rings. The monoisotopic (exact) mass is 312 g/mol. The van der Waals surface area contributed by atoms with E-state index in [1.165, 1.54) is 30.3 Å². The van der Waals surface area contributed by atoms with E-state index in [9.17, 15) is 4.79 Å². The number of aromatic nitrogens is 2. The van der Waals surface area contributed by atoms with Crippen molar-refractivity contribution in [3.05, 3.63) is 11.4 Å². The Bertz CT molecular complexity index is 709. The van der Waals surface area contributed by atoms with Gasteiger partial charge in [-0.3, -0.25) is 9.36 Å². The molecule has 0 saturated heterocycles. The molecule has 7 heteroatoms. The molecule has 3 rings (SSSR count). The average molecular weight is 312 g/mol. The van der Waals surface area contributed by atoms with Crippen LogP contribution in [0.2, 0.25) is 0 Å². The number of nitrogen functional groups attached to an aromatic ring is 1. The Morgan fingerprint density at radius 3 is 2.78 bits per heavy atom. The number of fused-ring (bicyclic) bond motifs is 2. The molecule has 23 heavy (non-hydrogen) atoms. The Hall–Kier alpha value is -2.54. The fourth-order valence-electron chi connectivity index (χ4n) is 4.28. The second-order valence-corrected chi connectivity index (χ2v) is 6.67. The molecule has 120 valence electrons. The van der Waals surface area contributed by atoms with E-state index in [-0.39, 0.29) is 35.8 Å². The minimum atomic E-state index is -0.203. The molecule has 1 amide bonds. The van der Waals surface area contributed by atoms with Gasteiger partial charge in [-0.15, -0.1) is 0 Å². The zero-order chi connectivity index (χ0) is 16.6. The first-order valence-electron chi connectivity index (χ1n) is 7.99. The molecule has 2 fully saturated rings. The van der Waals surface area contributed by atoms with Gasteiger partial charge in [-0.25, -0.2) is 4.98 Å². The van der Waals surface area contributed by atoms with Crippen molar-refractivity contribution >= 4 is 11.9 Å². The summed E-state index contributed by atoms with van der Waals surface area (Å²) in [6, 6.07) is 3.82. The first-order valence-corrected chi connectivity index (χ1v) is 7.99. The van der Waals surface area contributed by atoms with E-state index in [0.717, 1.165) is 11.8 Å². The summed E-state index contributed by atoms with van der Waals surface area (Å²) in [6.45, 7) is 1.96. The first kappa shape index (κ1) is 15.4. The summed E-state index contributed by atoms with van der Waals surface area (Å²) in [6.07, 6.45) is 5.09. The highest BCUT2D eigenvalue weighted by atomic mass is 16.2. The summed E-state index contributed by atoms with van der Waals surface area (Å²) < 4.78 is 1.29. The maximum Gasteiger partial charge on any atom is 0.240 e. The third-order valence-electron chi connectivity index (χ3n) is 5.33. The molecule has 2 saturated carbocycles. The van der Waals surface area contributed by atoms with Crippen LogP contribution < -0.4 is 11.1 Å². The summed E-state index contributed by atoms with van der Waals surface area (Å²) in [5.41, 5.74) is 5.71. The lowest BCUT2D eigenvalue weighted by Gasteiger charge is -2.28. The van der Waals surface area contributed by atoms with Crippen LogP contribution in [-0.2, 0) is 11.3 Å². The van der Waals surface area contributed by atoms with Gasteiger partial charge in [0.15, 0.2) is 11.4 Å². The van der Waals surface area contributed by atoms with E-state index in [4.69, 9.17) is 16.3 Å². The van der Waals surface area contributed by atoms with E-state index in [0.29, 0.717) is 5.92 Å². The molecule has 0 aromatic carbocycles. The van der Waals surface area contributed by atoms with Crippen molar-refractivity contribution in [2.45, 2.75) is 45.2 Å². The summed E-state index contributed by atoms with van der Waals surface area (Å²) in [5, 5.41) is 21.1. The third kappa shape index (κ3) is 2.75. The minimum absolute atomic E-state index is 0.0147. The molecular formula is C16H20N6O. The van der Waals surface area contributed by atoms with E-state index < -0.39 is 0 Å². The fourth-order valence-corrected chi connectivity index (χ4v) is 4.28. The van der Waals surface area contributed by atoms with Crippen LogP contribution in [0.15, 0.2) is 0 Å². The Kier molecular flexibility index (Phi) is 3.96. The zero-order valence-electron chi connectivity index (χ0n) is 13.1. The number of hydrogen-bond donors (Lipinski definition) is 2. The van der Waals surface area contributed by atoms with Crippen molar-refractivity contribution < 1.29 is 4.79 Å². The molecule has 3 N–H and O–H groups in total. The smallest absolute Gasteiger partial charge is 0.240 e. The van der Waals surface area contributed by atoms with Crippen LogP contribution in [0.25, 0.3) is 0 Å². The quantitative estimate of drug-likeness (QED) is 0.864. The third-order valence-corrected chi connectivity index (χ3v) is 5.33. The van der Waals surface area contributed by atoms with E-state index in [2.05, 4.69) is 10.3 Å². The molecule has 4 unspecified atom stereocenters. The van der Waals surface area contributed by atoms with Crippen molar-refractivity contribution in [3.63, 3.8) is 0 Å². The van der Waals surface area contributed by atoms with Gasteiger partial charge in [-0.05, 0) is 43.9 Å². The van der Waals surface area contributed by atoms with Crippen LogP contribution >= 0.6 is 0 Å². The topological polar surface area (TPSA) is 121 Å². The number of amides is 1. The van der Waals surface area contributed by atoms with Gasteiger partial charge < -0.3 is 11.1 Å². The molecule has 2 bridgehead atoms. The van der Waals surface area contributed by atoms with Gasteiger partial charge in [0.1, 0.15) is 18.7 Å². The minimum Gasteiger partial charge on any atom is -0.369 e. The Balaban J connectivity index is 1.65. The highest BCUT2D eigenvalue weighted by Crippen LogP contribution is 2.49. The maximum absolute atomic E-state index is 12.3. The van der Waals surface area contributed by atoms with Crippen LogP contribution in [0.3, 0.4) is 0 Å². The van der Waals surface area contributed by atoms with Gasteiger partial charge in [0.05, 0.1) is 0 Å². The number of rotatable bonds is 4. The maximum atomic E-state index is 12.3. The number of nitrogens with zero attached hydrogens (tertiary/aromatic N) is 4. The summed E-state index contributed by atoms with van der Waals surface area (Å²) in [7, 11) is 0. The normalized spacial score (nSPS) is 26.5. The van der Waals surface area contributed by atoms with Gasteiger partial charge in [-0.1, -0.05) is 6.42 Å². The van der Waals surface area contributed by atoms with Crippen molar-refractivity contribution in [3.8, 4) is 12.1 Å². The molecule has 0 radical (unpaired) electrons. The predicted molar refractivity (Wildman–Crippen MR) is 82.6 cm³/mol. The number of imidazole rings is 1. The average Bonchev–Trinajstić information content (AvgIpc) is 3.22. The second-order valence-electron chi connectivity index (χ2n) is 6.67. The number of carbonyl (C=O) groups excluding carboxylic acids is 1. The van der Waals surface area contributed by atoms with E-state index in [1.54, 1.807) is 0 Å². The molecule has 1 aromatic heterocycles. The molecule has 0 aliphatic heterocycles. The summed E-state index contributed by atoms with van der Waals surface area (Å²) in [4.78, 5) is 16.1. The number of hydrogen-bond acceptors (Lipinski definition) is 5. The Labute approximate surface area is 135 Å². The Morgan fingerprint density at radius 2 is 2.22 bits per heavy atom. The number of carbonyl (C=O) groups is 1. The van der Waals surface area contributed by atoms with Crippen LogP contribution in [0.1, 0.15) is 44.0 Å². The summed E-state index contributed by atoms with van der Waals surface area (Å²) >= 11 is 0. The molecule has 0 spiro atoms. The van der Waals surface area contributed by atoms with E-state index >= 15 is 0 Å². The number of nitriles is 2. The lowest BCUT2D eigenvalue weighted by molar-refractivity contribution is -0.122. The highest BCUT2D eigenvalue weighted by molar-refractivity contribution is 5.76. The molecule has 1 aromatic rings. The number of nitrogens with two attached hydrogens (primary N) is 1. The van der Waals surface area contributed by atoms with Crippen molar-refractivity contribution in [1.29, 1.82) is 10.5 Å². The highest BCUT2D eigenvalue weighted by Gasteiger charge is 2.42.